The van der Waals surface area contributed by atoms with Crippen LogP contribution in [0, 0.1) is 0 Å². The fourth-order valence-electron chi connectivity index (χ4n) is 4.09. The molecule has 0 saturated carbocycles. The molecule has 4 aromatic rings. The number of aromatic nitrogens is 4. The summed E-state index contributed by atoms with van der Waals surface area (Å²) in [6.45, 7) is 3.36. The lowest BCUT2D eigenvalue weighted by Gasteiger charge is -2.35. The van der Waals surface area contributed by atoms with E-state index in [0.29, 0.717) is 31.0 Å². The first-order chi connectivity index (χ1) is 16.0. The van der Waals surface area contributed by atoms with Crippen LogP contribution >= 0.6 is 0 Å². The Balaban J connectivity index is 1.30. The highest BCUT2D eigenvalue weighted by atomic mass is 19.4. The van der Waals surface area contributed by atoms with Gasteiger partial charge in [-0.25, -0.2) is 0 Å². The molecular weight excluding hydrogens is 431 g/mol. The Labute approximate surface area is 188 Å². The molecule has 0 radical (unpaired) electrons. The summed E-state index contributed by atoms with van der Waals surface area (Å²) < 4.78 is 39.0. The Bertz CT molecular complexity index is 1230. The molecule has 0 aliphatic carbocycles. The summed E-state index contributed by atoms with van der Waals surface area (Å²) in [4.78, 5) is 4.34. The van der Waals surface area contributed by atoms with E-state index in [4.69, 9.17) is 0 Å². The van der Waals surface area contributed by atoms with Gasteiger partial charge in [0.15, 0.2) is 11.6 Å². The quantitative estimate of drug-likeness (QED) is 0.466. The molecule has 33 heavy (non-hydrogen) atoms. The minimum absolute atomic E-state index is 0.483. The van der Waals surface area contributed by atoms with Crippen molar-refractivity contribution < 1.29 is 13.2 Å². The van der Waals surface area contributed by atoms with E-state index in [0.717, 1.165) is 41.6 Å². The van der Waals surface area contributed by atoms with Gasteiger partial charge in [-0.15, -0.1) is 10.2 Å². The highest BCUT2D eigenvalue weighted by Gasteiger charge is 2.30. The third-order valence-electron chi connectivity index (χ3n) is 5.75. The van der Waals surface area contributed by atoms with Gasteiger partial charge in [0.05, 0.1) is 11.8 Å². The van der Waals surface area contributed by atoms with Crippen LogP contribution in [0.5, 0.6) is 0 Å². The van der Waals surface area contributed by atoms with Gasteiger partial charge >= 0.3 is 6.18 Å². The van der Waals surface area contributed by atoms with E-state index in [9.17, 15) is 13.2 Å². The van der Waals surface area contributed by atoms with Crippen LogP contribution in [0.3, 0.4) is 0 Å². The van der Waals surface area contributed by atoms with Gasteiger partial charge in [-0.05, 0) is 11.6 Å². The molecule has 1 aliphatic heterocycles. The molecule has 0 unspecified atom stereocenters. The lowest BCUT2D eigenvalue weighted by atomic mass is 10.1. The first kappa shape index (κ1) is 21.2. The predicted molar refractivity (Wildman–Crippen MR) is 120 cm³/mol. The van der Waals surface area contributed by atoms with Gasteiger partial charge in [0, 0.05) is 49.6 Å². The number of alkyl halides is 3. The predicted octanol–water partition coefficient (Wildman–Crippen LogP) is 4.44. The van der Waals surface area contributed by atoms with Crippen LogP contribution in [0.4, 0.5) is 30.6 Å². The Morgan fingerprint density at radius 2 is 1.70 bits per heavy atom. The minimum Gasteiger partial charge on any atom is -0.352 e. The van der Waals surface area contributed by atoms with E-state index >= 15 is 0 Å². The first-order valence-corrected chi connectivity index (χ1v) is 10.6. The molecule has 0 amide bonds. The van der Waals surface area contributed by atoms with E-state index in [-0.39, 0.29) is 0 Å². The zero-order valence-corrected chi connectivity index (χ0v) is 17.7. The van der Waals surface area contributed by atoms with Crippen molar-refractivity contribution >= 4 is 28.2 Å². The van der Waals surface area contributed by atoms with E-state index in [1.807, 2.05) is 30.3 Å². The summed E-state index contributed by atoms with van der Waals surface area (Å²) in [6.07, 6.45) is -2.67. The molecule has 2 N–H and O–H groups in total. The zero-order chi connectivity index (χ0) is 22.8. The highest BCUT2D eigenvalue weighted by molar-refractivity contribution is 5.99. The molecule has 5 rings (SSSR count). The number of halogens is 3. The smallest absolute Gasteiger partial charge is 0.352 e. The van der Waals surface area contributed by atoms with Crippen LogP contribution in [0.15, 0.2) is 60.8 Å². The van der Waals surface area contributed by atoms with E-state index in [1.165, 1.54) is 12.1 Å². The molecular formula is C23H22F3N7. The number of hydrogen-bond donors (Lipinski definition) is 2. The number of nitrogens with zero attached hydrogens (tertiary/aromatic N) is 5. The molecule has 1 fully saturated rings. The molecule has 1 aliphatic rings. The number of fused-ring (bicyclic) bond motifs is 1. The molecule has 2 aromatic carbocycles. The van der Waals surface area contributed by atoms with Crippen molar-refractivity contribution in [3.05, 3.63) is 71.9 Å². The molecule has 1 saturated heterocycles. The van der Waals surface area contributed by atoms with E-state index < -0.39 is 11.7 Å². The van der Waals surface area contributed by atoms with Crippen LogP contribution in [-0.2, 0) is 12.7 Å². The number of benzene rings is 2. The summed E-state index contributed by atoms with van der Waals surface area (Å²) >= 11 is 0. The lowest BCUT2D eigenvalue weighted by molar-refractivity contribution is -0.137. The fourth-order valence-corrected chi connectivity index (χ4v) is 4.09. The fraction of sp³-hybridized carbons (Fsp3) is 0.261. The number of aromatic amines is 1. The number of anilines is 3. The van der Waals surface area contributed by atoms with Crippen molar-refractivity contribution in [2.75, 3.05) is 36.4 Å². The third kappa shape index (κ3) is 4.61. The van der Waals surface area contributed by atoms with Crippen molar-refractivity contribution in [2.45, 2.75) is 12.7 Å². The van der Waals surface area contributed by atoms with Gasteiger partial charge in [-0.2, -0.15) is 18.3 Å². The summed E-state index contributed by atoms with van der Waals surface area (Å²) in [7, 11) is 0. The average molecular weight is 453 g/mol. The van der Waals surface area contributed by atoms with Crippen LogP contribution in [-0.4, -0.2) is 51.5 Å². The molecule has 10 heteroatoms. The van der Waals surface area contributed by atoms with Crippen LogP contribution in [0.2, 0.25) is 0 Å². The standard InChI is InChI=1S/C23H22F3N7/c24-23(25,26)17-5-3-4-16(14-17)15-32-10-12-33(13-11-32)22-19-7-2-1-6-18(19)21(30-31-22)28-20-8-9-27-29-20/h1-9,14H,10-13,15H2,(H2,27,28,29,30). The normalized spacial score (nSPS) is 15.2. The van der Waals surface area contributed by atoms with E-state index in [1.54, 1.807) is 12.3 Å². The maximum absolute atomic E-state index is 13.0. The summed E-state index contributed by atoms with van der Waals surface area (Å²) in [5.41, 5.74) is 0.0574. The Hall–Kier alpha value is -3.66. The van der Waals surface area contributed by atoms with Gasteiger partial charge in [0.25, 0.3) is 0 Å². The van der Waals surface area contributed by atoms with Crippen LogP contribution in [0.25, 0.3) is 10.8 Å². The van der Waals surface area contributed by atoms with E-state index in [2.05, 4.69) is 35.5 Å². The third-order valence-corrected chi connectivity index (χ3v) is 5.75. The summed E-state index contributed by atoms with van der Waals surface area (Å²) in [5, 5.41) is 20.8. The molecule has 0 atom stereocenters. The molecule has 2 aromatic heterocycles. The second-order valence-corrected chi connectivity index (χ2v) is 7.97. The van der Waals surface area contributed by atoms with Crippen LogP contribution in [0.1, 0.15) is 11.1 Å². The SMILES string of the molecule is FC(F)(F)c1cccc(CN2CCN(c3nnc(Nc4ccn[nH]4)c4ccccc34)CC2)c1. The van der Waals surface area contributed by atoms with Crippen molar-refractivity contribution in [3.63, 3.8) is 0 Å². The molecule has 3 heterocycles. The van der Waals surface area contributed by atoms with Crippen molar-refractivity contribution in [3.8, 4) is 0 Å². The number of rotatable bonds is 5. The monoisotopic (exact) mass is 453 g/mol. The Morgan fingerprint density at radius 3 is 2.42 bits per heavy atom. The van der Waals surface area contributed by atoms with Crippen molar-refractivity contribution in [2.24, 2.45) is 0 Å². The number of piperazine rings is 1. The largest absolute Gasteiger partial charge is 0.416 e. The zero-order valence-electron chi connectivity index (χ0n) is 17.7. The molecule has 0 bridgehead atoms. The van der Waals surface area contributed by atoms with Crippen LogP contribution < -0.4 is 10.2 Å². The second-order valence-electron chi connectivity index (χ2n) is 7.97. The average Bonchev–Trinajstić information content (AvgIpc) is 3.33. The maximum atomic E-state index is 13.0. The highest BCUT2D eigenvalue weighted by Crippen LogP contribution is 2.31. The van der Waals surface area contributed by atoms with Gasteiger partial charge in [-0.3, -0.25) is 10.00 Å². The molecule has 170 valence electrons. The second kappa shape index (κ2) is 8.70. The lowest BCUT2D eigenvalue weighted by Crippen LogP contribution is -2.46. The molecule has 7 nitrogen and oxygen atoms in total. The van der Waals surface area contributed by atoms with Crippen molar-refractivity contribution in [1.82, 2.24) is 25.3 Å². The first-order valence-electron chi connectivity index (χ1n) is 10.6. The van der Waals surface area contributed by atoms with Gasteiger partial charge in [0.1, 0.15) is 5.82 Å². The number of nitrogens with one attached hydrogen (secondary N) is 2. The molecule has 0 spiro atoms. The van der Waals surface area contributed by atoms with Gasteiger partial charge in [0.2, 0.25) is 0 Å². The van der Waals surface area contributed by atoms with Gasteiger partial charge in [-0.1, -0.05) is 42.5 Å². The Morgan fingerprint density at radius 1 is 0.909 bits per heavy atom. The maximum Gasteiger partial charge on any atom is 0.416 e. The van der Waals surface area contributed by atoms with Crippen molar-refractivity contribution in [1.29, 1.82) is 0 Å². The summed E-state index contributed by atoms with van der Waals surface area (Å²) in [5.74, 6) is 2.17. The number of hydrogen-bond acceptors (Lipinski definition) is 6. The topological polar surface area (TPSA) is 73.0 Å². The minimum atomic E-state index is -4.33. The summed E-state index contributed by atoms with van der Waals surface area (Å²) in [6, 6.07) is 15.3. The number of H-pyrrole nitrogens is 1. The van der Waals surface area contributed by atoms with Gasteiger partial charge < -0.3 is 10.2 Å². The Kier molecular flexibility index (Phi) is 5.59.